The van der Waals surface area contributed by atoms with Gasteiger partial charge in [0.1, 0.15) is 6.61 Å². The zero-order chi connectivity index (χ0) is 10.9. The molecule has 2 N–H and O–H groups in total. The van der Waals surface area contributed by atoms with Gasteiger partial charge in [-0.05, 0) is 19.9 Å². The summed E-state index contributed by atoms with van der Waals surface area (Å²) in [6.45, 7) is 5.62. The summed E-state index contributed by atoms with van der Waals surface area (Å²) < 4.78 is 10.2. The Bertz CT molecular complexity index is 182. The predicted octanol–water partition coefficient (Wildman–Crippen LogP) is -0.482. The molecule has 15 heavy (non-hydrogen) atoms. The second-order valence-corrected chi connectivity index (χ2v) is 3.51. The monoisotopic (exact) mass is 216 g/mol. The fourth-order valence-corrected chi connectivity index (χ4v) is 1.47. The van der Waals surface area contributed by atoms with E-state index >= 15 is 0 Å². The molecule has 5 heteroatoms. The second kappa shape index (κ2) is 7.62. The Kier molecular flexibility index (Phi) is 6.31. The van der Waals surface area contributed by atoms with E-state index in [1.54, 1.807) is 0 Å². The van der Waals surface area contributed by atoms with E-state index in [9.17, 15) is 4.79 Å². The molecule has 1 amide bonds. The number of carbonyl (C=O) groups excluding carboxylic acids is 1. The highest BCUT2D eigenvalue weighted by Crippen LogP contribution is 1.96. The molecule has 1 rings (SSSR count). The fourth-order valence-electron chi connectivity index (χ4n) is 1.47. The number of hydrogen-bond acceptors (Lipinski definition) is 4. The van der Waals surface area contributed by atoms with Crippen molar-refractivity contribution in [3.05, 3.63) is 0 Å². The average Bonchev–Trinajstić information content (AvgIpc) is 2.70. The number of hydrogen-bond donors (Lipinski definition) is 2. The maximum Gasteiger partial charge on any atom is 0.246 e. The molecule has 1 aliphatic heterocycles. The van der Waals surface area contributed by atoms with Gasteiger partial charge < -0.3 is 20.1 Å². The van der Waals surface area contributed by atoms with Gasteiger partial charge in [-0.3, -0.25) is 4.79 Å². The third-order valence-electron chi connectivity index (χ3n) is 2.23. The maximum atomic E-state index is 11.3. The molecule has 0 spiro atoms. The Balaban J connectivity index is 1.93. The smallest absolute Gasteiger partial charge is 0.246 e. The van der Waals surface area contributed by atoms with Crippen LogP contribution in [-0.4, -0.2) is 51.5 Å². The molecular weight excluding hydrogens is 196 g/mol. The predicted molar refractivity (Wildman–Crippen MR) is 56.7 cm³/mol. The van der Waals surface area contributed by atoms with Crippen molar-refractivity contribution in [2.45, 2.75) is 19.4 Å². The van der Waals surface area contributed by atoms with Gasteiger partial charge in [0.2, 0.25) is 5.91 Å². The van der Waals surface area contributed by atoms with Crippen molar-refractivity contribution in [1.29, 1.82) is 0 Å². The second-order valence-electron chi connectivity index (χ2n) is 3.51. The van der Waals surface area contributed by atoms with Gasteiger partial charge in [-0.25, -0.2) is 0 Å². The van der Waals surface area contributed by atoms with Crippen molar-refractivity contribution in [2.75, 3.05) is 39.5 Å². The summed E-state index contributed by atoms with van der Waals surface area (Å²) in [6, 6.07) is 0.271. The lowest BCUT2D eigenvalue weighted by atomic mass is 10.2. The first-order valence-electron chi connectivity index (χ1n) is 5.48. The van der Waals surface area contributed by atoms with E-state index in [4.69, 9.17) is 9.47 Å². The van der Waals surface area contributed by atoms with Gasteiger partial charge in [0, 0.05) is 19.2 Å². The Labute approximate surface area is 90.5 Å². The topological polar surface area (TPSA) is 59.6 Å². The molecule has 88 valence electrons. The molecule has 0 aromatic carbocycles. The Morgan fingerprint density at radius 1 is 1.47 bits per heavy atom. The van der Waals surface area contributed by atoms with E-state index in [1.165, 1.54) is 0 Å². The van der Waals surface area contributed by atoms with Crippen LogP contribution in [0.4, 0.5) is 0 Å². The number of carbonyl (C=O) groups is 1. The standard InChI is InChI=1S/C10H20N2O3/c1-2-14-5-6-15-8-10(13)12-9-3-4-11-7-9/h9,11H,2-8H2,1H3,(H,12,13). The van der Waals surface area contributed by atoms with E-state index in [-0.39, 0.29) is 18.6 Å². The summed E-state index contributed by atoms with van der Waals surface area (Å²) in [5.74, 6) is -0.0415. The maximum absolute atomic E-state index is 11.3. The highest BCUT2D eigenvalue weighted by atomic mass is 16.5. The molecule has 1 atom stereocenters. The fraction of sp³-hybridized carbons (Fsp3) is 0.900. The van der Waals surface area contributed by atoms with Crippen molar-refractivity contribution < 1.29 is 14.3 Å². The molecule has 1 aliphatic rings. The Morgan fingerprint density at radius 3 is 2.93 bits per heavy atom. The SMILES string of the molecule is CCOCCOCC(=O)NC1CCNC1. The summed E-state index contributed by atoms with van der Waals surface area (Å²) in [4.78, 5) is 11.3. The lowest BCUT2D eigenvalue weighted by molar-refractivity contribution is -0.126. The first-order chi connectivity index (χ1) is 7.33. The normalized spacial score (nSPS) is 20.5. The molecule has 5 nitrogen and oxygen atoms in total. The molecule has 1 unspecified atom stereocenters. The van der Waals surface area contributed by atoms with Crippen molar-refractivity contribution >= 4 is 5.91 Å². The minimum atomic E-state index is -0.0415. The van der Waals surface area contributed by atoms with Crippen LogP contribution < -0.4 is 10.6 Å². The third-order valence-corrected chi connectivity index (χ3v) is 2.23. The van der Waals surface area contributed by atoms with Crippen LogP contribution in [0.25, 0.3) is 0 Å². The molecule has 1 heterocycles. The van der Waals surface area contributed by atoms with Gasteiger partial charge in [-0.2, -0.15) is 0 Å². The van der Waals surface area contributed by atoms with Gasteiger partial charge in [0.15, 0.2) is 0 Å². The van der Waals surface area contributed by atoms with Crippen molar-refractivity contribution in [2.24, 2.45) is 0 Å². The van der Waals surface area contributed by atoms with E-state index in [2.05, 4.69) is 10.6 Å². The summed E-state index contributed by atoms with van der Waals surface area (Å²) in [5.41, 5.74) is 0. The van der Waals surface area contributed by atoms with Gasteiger partial charge in [-0.15, -0.1) is 0 Å². The van der Waals surface area contributed by atoms with Gasteiger partial charge in [0.05, 0.1) is 13.2 Å². The Morgan fingerprint density at radius 2 is 2.27 bits per heavy atom. The average molecular weight is 216 g/mol. The Hall–Kier alpha value is -0.650. The molecule has 0 bridgehead atoms. The third kappa shape index (κ3) is 5.71. The quantitative estimate of drug-likeness (QED) is 0.564. The molecule has 0 aromatic heterocycles. The molecule has 0 saturated carbocycles. The molecular formula is C10H20N2O3. The van der Waals surface area contributed by atoms with E-state index in [0.717, 1.165) is 19.5 Å². The molecule has 0 radical (unpaired) electrons. The summed E-state index contributed by atoms with van der Waals surface area (Å²) in [6.07, 6.45) is 1.00. The van der Waals surface area contributed by atoms with Crippen LogP contribution in [0.1, 0.15) is 13.3 Å². The zero-order valence-electron chi connectivity index (χ0n) is 9.25. The van der Waals surface area contributed by atoms with Gasteiger partial charge in [0.25, 0.3) is 0 Å². The number of rotatable bonds is 7. The molecule has 1 saturated heterocycles. The van der Waals surface area contributed by atoms with Gasteiger partial charge >= 0.3 is 0 Å². The van der Waals surface area contributed by atoms with E-state index in [0.29, 0.717) is 19.8 Å². The van der Waals surface area contributed by atoms with Crippen LogP contribution in [0.2, 0.25) is 0 Å². The minimum absolute atomic E-state index is 0.0415. The van der Waals surface area contributed by atoms with Crippen LogP contribution in [0, 0.1) is 0 Å². The summed E-state index contributed by atoms with van der Waals surface area (Å²) >= 11 is 0. The van der Waals surface area contributed by atoms with E-state index in [1.807, 2.05) is 6.92 Å². The van der Waals surface area contributed by atoms with Crippen LogP contribution >= 0.6 is 0 Å². The summed E-state index contributed by atoms with van der Waals surface area (Å²) in [7, 11) is 0. The zero-order valence-corrected chi connectivity index (χ0v) is 9.25. The first-order valence-corrected chi connectivity index (χ1v) is 5.48. The molecule has 1 fully saturated rings. The van der Waals surface area contributed by atoms with Crippen LogP contribution in [0.15, 0.2) is 0 Å². The van der Waals surface area contributed by atoms with Crippen LogP contribution in [-0.2, 0) is 14.3 Å². The minimum Gasteiger partial charge on any atom is -0.379 e. The van der Waals surface area contributed by atoms with Crippen molar-refractivity contribution in [3.63, 3.8) is 0 Å². The molecule has 0 aliphatic carbocycles. The van der Waals surface area contributed by atoms with Crippen LogP contribution in [0.5, 0.6) is 0 Å². The van der Waals surface area contributed by atoms with Gasteiger partial charge in [-0.1, -0.05) is 0 Å². The van der Waals surface area contributed by atoms with E-state index < -0.39 is 0 Å². The largest absolute Gasteiger partial charge is 0.379 e. The highest BCUT2D eigenvalue weighted by Gasteiger charge is 2.16. The number of amides is 1. The number of nitrogens with one attached hydrogen (secondary N) is 2. The summed E-state index contributed by atoms with van der Waals surface area (Å²) in [5, 5.41) is 6.09. The number of ether oxygens (including phenoxy) is 2. The van der Waals surface area contributed by atoms with Crippen molar-refractivity contribution in [3.8, 4) is 0 Å². The first kappa shape index (κ1) is 12.4. The van der Waals surface area contributed by atoms with Crippen molar-refractivity contribution in [1.82, 2.24) is 10.6 Å². The lowest BCUT2D eigenvalue weighted by Crippen LogP contribution is -2.38. The molecule has 0 aromatic rings. The lowest BCUT2D eigenvalue weighted by Gasteiger charge is -2.11. The highest BCUT2D eigenvalue weighted by molar-refractivity contribution is 5.77. The van der Waals surface area contributed by atoms with Crippen LogP contribution in [0.3, 0.4) is 0 Å².